The number of anilines is 1. The van der Waals surface area contributed by atoms with Gasteiger partial charge in [0.1, 0.15) is 0 Å². The smallest absolute Gasteiger partial charge is 0.155 e. The number of nitrogens with two attached hydrogens (primary N) is 1. The highest BCUT2D eigenvalue weighted by Crippen LogP contribution is 2.33. The minimum Gasteiger partial charge on any atom is -0.382 e. The van der Waals surface area contributed by atoms with Crippen molar-refractivity contribution in [2.75, 3.05) is 5.73 Å². The Morgan fingerprint density at radius 1 is 1.05 bits per heavy atom. The number of nitrogens with zero attached hydrogens (tertiary/aromatic N) is 2. The number of nitrogen functional groups attached to an aromatic ring is 1. The molecule has 3 aromatic rings. The molecule has 0 unspecified atom stereocenters. The number of pyridine rings is 1. The summed E-state index contributed by atoms with van der Waals surface area (Å²) in [6.45, 7) is 0. The van der Waals surface area contributed by atoms with E-state index in [0.29, 0.717) is 5.82 Å². The van der Waals surface area contributed by atoms with Gasteiger partial charge >= 0.3 is 0 Å². The molecule has 0 saturated carbocycles. The van der Waals surface area contributed by atoms with Crippen molar-refractivity contribution >= 4 is 28.4 Å². The number of halogens is 1. The Balaban J connectivity index is 2.16. The predicted molar refractivity (Wildman–Crippen MR) is 84.4 cm³/mol. The lowest BCUT2D eigenvalue weighted by atomic mass is 10.0. The minimum atomic E-state index is 0.465. The van der Waals surface area contributed by atoms with E-state index in [1.165, 1.54) is 3.57 Å². The molecule has 94 valence electrons. The molecule has 0 bridgehead atoms. The van der Waals surface area contributed by atoms with Gasteiger partial charge in [-0.05, 0) is 46.9 Å². The van der Waals surface area contributed by atoms with Gasteiger partial charge in [0.05, 0.1) is 17.0 Å². The van der Waals surface area contributed by atoms with Crippen LogP contribution >= 0.6 is 22.6 Å². The summed E-state index contributed by atoms with van der Waals surface area (Å²) in [5.74, 6) is 0.465. The molecule has 0 aliphatic carbocycles. The molecular formula is C14H11IN4. The molecule has 0 spiro atoms. The summed E-state index contributed by atoms with van der Waals surface area (Å²) in [5, 5.41) is 7.09. The Kier molecular flexibility index (Phi) is 3.20. The van der Waals surface area contributed by atoms with Crippen molar-refractivity contribution in [3.63, 3.8) is 0 Å². The molecule has 3 N–H and O–H groups in total. The fourth-order valence-corrected chi connectivity index (χ4v) is 2.31. The van der Waals surface area contributed by atoms with E-state index in [1.54, 1.807) is 6.20 Å². The molecule has 0 radical (unpaired) electrons. The normalized spacial score (nSPS) is 10.6. The van der Waals surface area contributed by atoms with Crippen molar-refractivity contribution in [2.45, 2.75) is 0 Å². The van der Waals surface area contributed by atoms with Crippen LogP contribution in [-0.4, -0.2) is 15.2 Å². The van der Waals surface area contributed by atoms with E-state index in [9.17, 15) is 0 Å². The minimum absolute atomic E-state index is 0.465. The Bertz CT molecular complexity index is 689. The van der Waals surface area contributed by atoms with Crippen molar-refractivity contribution in [2.24, 2.45) is 0 Å². The zero-order chi connectivity index (χ0) is 13.2. The maximum Gasteiger partial charge on any atom is 0.155 e. The fraction of sp³-hybridized carbons (Fsp3) is 0. The maximum absolute atomic E-state index is 5.96. The first kappa shape index (κ1) is 12.2. The summed E-state index contributed by atoms with van der Waals surface area (Å²) in [4.78, 5) is 4.34. The number of aromatic amines is 1. The van der Waals surface area contributed by atoms with Crippen molar-refractivity contribution in [3.8, 4) is 22.5 Å². The number of benzene rings is 1. The summed E-state index contributed by atoms with van der Waals surface area (Å²) >= 11 is 2.28. The van der Waals surface area contributed by atoms with Crippen LogP contribution < -0.4 is 5.73 Å². The third-order valence-electron chi connectivity index (χ3n) is 2.85. The average molecular weight is 362 g/mol. The van der Waals surface area contributed by atoms with E-state index in [4.69, 9.17) is 5.73 Å². The SMILES string of the molecule is Nc1n[nH]c(-c2ccc(I)cc2)c1-c1ccccn1. The molecule has 4 nitrogen and oxygen atoms in total. The summed E-state index contributed by atoms with van der Waals surface area (Å²) < 4.78 is 1.19. The third-order valence-corrected chi connectivity index (χ3v) is 3.57. The van der Waals surface area contributed by atoms with Crippen LogP contribution in [0.15, 0.2) is 48.7 Å². The lowest BCUT2D eigenvalue weighted by Crippen LogP contribution is -1.90. The molecular weight excluding hydrogens is 351 g/mol. The molecule has 1 aromatic carbocycles. The van der Waals surface area contributed by atoms with Crippen LogP contribution in [0.1, 0.15) is 0 Å². The van der Waals surface area contributed by atoms with E-state index in [1.807, 2.05) is 30.3 Å². The molecule has 2 aromatic heterocycles. The van der Waals surface area contributed by atoms with E-state index in [-0.39, 0.29) is 0 Å². The van der Waals surface area contributed by atoms with Gasteiger partial charge in [-0.1, -0.05) is 18.2 Å². The molecule has 0 amide bonds. The first-order valence-corrected chi connectivity index (χ1v) is 6.85. The molecule has 5 heteroatoms. The first-order valence-electron chi connectivity index (χ1n) is 5.77. The summed E-state index contributed by atoms with van der Waals surface area (Å²) in [7, 11) is 0. The van der Waals surface area contributed by atoms with Crippen LogP contribution in [-0.2, 0) is 0 Å². The van der Waals surface area contributed by atoms with Crippen LogP contribution in [0.2, 0.25) is 0 Å². The van der Waals surface area contributed by atoms with Crippen LogP contribution in [0, 0.1) is 3.57 Å². The van der Waals surface area contributed by atoms with Gasteiger partial charge in [0.25, 0.3) is 0 Å². The predicted octanol–water partition coefficient (Wildman–Crippen LogP) is 3.33. The number of nitrogens with one attached hydrogen (secondary N) is 1. The molecule has 0 fully saturated rings. The van der Waals surface area contributed by atoms with Gasteiger partial charge in [-0.15, -0.1) is 0 Å². The quantitative estimate of drug-likeness (QED) is 0.688. The second kappa shape index (κ2) is 5.00. The summed E-state index contributed by atoms with van der Waals surface area (Å²) in [6, 6.07) is 13.9. The monoisotopic (exact) mass is 362 g/mol. The highest BCUT2D eigenvalue weighted by Gasteiger charge is 2.15. The second-order valence-electron chi connectivity index (χ2n) is 4.08. The standard InChI is InChI=1S/C14H11IN4/c15-10-6-4-9(5-7-10)13-12(14(16)19-18-13)11-3-1-2-8-17-11/h1-8H,(H3,16,18,19). The van der Waals surface area contributed by atoms with Gasteiger partial charge in [-0.25, -0.2) is 0 Å². The van der Waals surface area contributed by atoms with Crippen LogP contribution in [0.3, 0.4) is 0 Å². The molecule has 0 aliphatic rings. The van der Waals surface area contributed by atoms with Crippen LogP contribution in [0.4, 0.5) is 5.82 Å². The lowest BCUT2D eigenvalue weighted by molar-refractivity contribution is 1.10. The van der Waals surface area contributed by atoms with Crippen molar-refractivity contribution in [1.82, 2.24) is 15.2 Å². The van der Waals surface area contributed by atoms with Crippen molar-refractivity contribution in [3.05, 3.63) is 52.2 Å². The van der Waals surface area contributed by atoms with Gasteiger partial charge in [-0.3, -0.25) is 10.1 Å². The van der Waals surface area contributed by atoms with Gasteiger partial charge in [-0.2, -0.15) is 5.10 Å². The van der Waals surface area contributed by atoms with E-state index in [2.05, 4.69) is 49.9 Å². The number of rotatable bonds is 2. The summed E-state index contributed by atoms with van der Waals surface area (Å²) in [6.07, 6.45) is 1.75. The average Bonchev–Trinajstić information content (AvgIpc) is 2.82. The van der Waals surface area contributed by atoms with Crippen LogP contribution in [0.5, 0.6) is 0 Å². The van der Waals surface area contributed by atoms with Crippen molar-refractivity contribution < 1.29 is 0 Å². The van der Waals surface area contributed by atoms with Gasteiger partial charge in [0.2, 0.25) is 0 Å². The Labute approximate surface area is 124 Å². The van der Waals surface area contributed by atoms with Crippen LogP contribution in [0.25, 0.3) is 22.5 Å². The molecule has 2 heterocycles. The number of aromatic nitrogens is 3. The zero-order valence-corrected chi connectivity index (χ0v) is 12.1. The second-order valence-corrected chi connectivity index (χ2v) is 5.33. The highest BCUT2D eigenvalue weighted by molar-refractivity contribution is 14.1. The van der Waals surface area contributed by atoms with E-state index >= 15 is 0 Å². The van der Waals surface area contributed by atoms with E-state index in [0.717, 1.165) is 22.5 Å². The Morgan fingerprint density at radius 2 is 1.84 bits per heavy atom. The Morgan fingerprint density at radius 3 is 2.53 bits per heavy atom. The molecule has 0 atom stereocenters. The zero-order valence-electron chi connectivity index (χ0n) is 9.97. The maximum atomic E-state index is 5.96. The number of hydrogen-bond acceptors (Lipinski definition) is 3. The third kappa shape index (κ3) is 2.33. The molecule has 0 aliphatic heterocycles. The Hall–Kier alpha value is -1.89. The van der Waals surface area contributed by atoms with E-state index < -0.39 is 0 Å². The number of H-pyrrole nitrogens is 1. The van der Waals surface area contributed by atoms with Gasteiger partial charge < -0.3 is 5.73 Å². The first-order chi connectivity index (χ1) is 9.25. The topological polar surface area (TPSA) is 67.6 Å². The molecule has 0 saturated heterocycles. The van der Waals surface area contributed by atoms with Gasteiger partial charge in [0, 0.05) is 15.3 Å². The lowest BCUT2D eigenvalue weighted by Gasteiger charge is -2.04. The molecule has 3 rings (SSSR count). The fourth-order valence-electron chi connectivity index (χ4n) is 1.95. The van der Waals surface area contributed by atoms with Crippen molar-refractivity contribution in [1.29, 1.82) is 0 Å². The number of hydrogen-bond donors (Lipinski definition) is 2. The largest absolute Gasteiger partial charge is 0.382 e. The molecule has 19 heavy (non-hydrogen) atoms. The van der Waals surface area contributed by atoms with Gasteiger partial charge in [0.15, 0.2) is 5.82 Å². The summed E-state index contributed by atoms with van der Waals surface area (Å²) in [5.41, 5.74) is 9.57. The highest BCUT2D eigenvalue weighted by atomic mass is 127.